The van der Waals surface area contributed by atoms with Gasteiger partial charge in [0, 0.05) is 12.4 Å². The van der Waals surface area contributed by atoms with E-state index in [4.69, 9.17) is 5.41 Å². The minimum atomic E-state index is 0.602. The highest BCUT2D eigenvalue weighted by Gasteiger charge is 1.98. The van der Waals surface area contributed by atoms with E-state index in [2.05, 4.69) is 0 Å². The fraction of sp³-hybridized carbons (Fsp3) is 0.125. The largest absolute Gasteiger partial charge is 0.285 e. The second-order valence-electron chi connectivity index (χ2n) is 2.43. The molecule has 2 aromatic rings. The summed E-state index contributed by atoms with van der Waals surface area (Å²) in [6, 6.07) is 7.98. The average Bonchev–Trinajstić information content (AvgIpc) is 2.30. The molecule has 0 saturated carbocycles. The maximum Gasteiger partial charge on any atom is 0.142 e. The van der Waals surface area contributed by atoms with Crippen LogP contribution in [0.3, 0.4) is 0 Å². The molecular formula is C8H8N2S. The molecule has 56 valence electrons. The molecule has 0 aliphatic carbocycles. The number of benzene rings is 1. The normalized spacial score (nSPS) is 10.6. The average molecular weight is 164 g/mol. The summed E-state index contributed by atoms with van der Waals surface area (Å²) < 4.78 is 3.05. The second-order valence-corrected chi connectivity index (χ2v) is 3.60. The van der Waals surface area contributed by atoms with Crippen molar-refractivity contribution in [3.05, 3.63) is 29.8 Å². The van der Waals surface area contributed by atoms with Crippen LogP contribution in [0.5, 0.6) is 0 Å². The van der Waals surface area contributed by atoms with Gasteiger partial charge in [0.25, 0.3) is 0 Å². The molecule has 0 atom stereocenters. The quantitative estimate of drug-likeness (QED) is 0.614. The molecule has 2 nitrogen and oxygen atoms in total. The lowest BCUT2D eigenvalue weighted by Crippen LogP contribution is -2.07. The molecule has 0 spiro atoms. The van der Waals surface area contributed by atoms with Gasteiger partial charge in [0.1, 0.15) is 5.49 Å². The van der Waals surface area contributed by atoms with E-state index >= 15 is 0 Å². The van der Waals surface area contributed by atoms with E-state index < -0.39 is 0 Å². The van der Waals surface area contributed by atoms with Crippen LogP contribution >= 0.6 is 11.5 Å². The van der Waals surface area contributed by atoms with Gasteiger partial charge in [-0.05, 0) is 12.1 Å². The van der Waals surface area contributed by atoms with Crippen molar-refractivity contribution in [2.75, 3.05) is 0 Å². The topological polar surface area (TPSA) is 28.8 Å². The Balaban J connectivity index is 3.04. The summed E-state index contributed by atoms with van der Waals surface area (Å²) in [6.07, 6.45) is 0. The summed E-state index contributed by atoms with van der Waals surface area (Å²) in [6.45, 7) is 0. The summed E-state index contributed by atoms with van der Waals surface area (Å²) in [4.78, 5) is 0. The zero-order valence-corrected chi connectivity index (χ0v) is 6.98. The van der Waals surface area contributed by atoms with E-state index in [-0.39, 0.29) is 0 Å². The number of nitrogens with one attached hydrogen (secondary N) is 1. The molecule has 3 heteroatoms. The summed E-state index contributed by atoms with van der Waals surface area (Å²) in [5, 5.41) is 8.68. The van der Waals surface area contributed by atoms with E-state index in [1.165, 1.54) is 4.70 Å². The van der Waals surface area contributed by atoms with Gasteiger partial charge in [-0.2, -0.15) is 0 Å². The molecule has 0 aliphatic heterocycles. The first-order chi connectivity index (χ1) is 5.29. The SMILES string of the molecule is Cn1sc2ccccc2c1=N. The predicted octanol–water partition coefficient (Wildman–Crippen LogP) is 1.72. The molecule has 1 N–H and O–H groups in total. The van der Waals surface area contributed by atoms with Gasteiger partial charge in [-0.25, -0.2) is 0 Å². The van der Waals surface area contributed by atoms with Crippen molar-refractivity contribution in [3.8, 4) is 0 Å². The van der Waals surface area contributed by atoms with Gasteiger partial charge in [-0.1, -0.05) is 23.7 Å². The Labute approximate surface area is 68.4 Å². The third-order valence-corrected chi connectivity index (χ3v) is 2.70. The van der Waals surface area contributed by atoms with Gasteiger partial charge in [-0.15, -0.1) is 0 Å². The van der Waals surface area contributed by atoms with Crippen molar-refractivity contribution >= 4 is 21.6 Å². The number of hydrogen-bond donors (Lipinski definition) is 1. The fourth-order valence-corrected chi connectivity index (χ4v) is 1.99. The van der Waals surface area contributed by atoms with E-state index in [0.29, 0.717) is 5.49 Å². The first kappa shape index (κ1) is 6.61. The van der Waals surface area contributed by atoms with Crippen LogP contribution in [0.2, 0.25) is 0 Å². The Morgan fingerprint density at radius 3 is 2.82 bits per heavy atom. The van der Waals surface area contributed by atoms with Gasteiger partial charge < -0.3 is 0 Å². The predicted molar refractivity (Wildman–Crippen MR) is 46.7 cm³/mol. The lowest BCUT2D eigenvalue weighted by atomic mass is 10.3. The van der Waals surface area contributed by atoms with Crippen LogP contribution in [-0.2, 0) is 7.05 Å². The first-order valence-corrected chi connectivity index (χ1v) is 4.16. The van der Waals surface area contributed by atoms with Crippen LogP contribution in [0.4, 0.5) is 0 Å². The van der Waals surface area contributed by atoms with Crippen molar-refractivity contribution in [2.24, 2.45) is 7.05 Å². The molecule has 0 radical (unpaired) electrons. The zero-order chi connectivity index (χ0) is 7.84. The first-order valence-electron chi connectivity index (χ1n) is 3.38. The van der Waals surface area contributed by atoms with Gasteiger partial charge in [-0.3, -0.25) is 9.37 Å². The Hall–Kier alpha value is -1.09. The Kier molecular flexibility index (Phi) is 1.32. The van der Waals surface area contributed by atoms with Crippen molar-refractivity contribution in [2.45, 2.75) is 0 Å². The summed E-state index contributed by atoms with van der Waals surface area (Å²) in [7, 11) is 1.91. The summed E-state index contributed by atoms with van der Waals surface area (Å²) in [5.74, 6) is 0. The Morgan fingerprint density at radius 2 is 2.09 bits per heavy atom. The molecule has 0 fully saturated rings. The smallest absolute Gasteiger partial charge is 0.142 e. The van der Waals surface area contributed by atoms with E-state index in [0.717, 1.165) is 5.39 Å². The molecule has 11 heavy (non-hydrogen) atoms. The molecular weight excluding hydrogens is 156 g/mol. The van der Waals surface area contributed by atoms with Crippen molar-refractivity contribution in [1.82, 2.24) is 3.96 Å². The van der Waals surface area contributed by atoms with Crippen LogP contribution in [0.25, 0.3) is 10.1 Å². The third kappa shape index (κ3) is 0.886. The Morgan fingerprint density at radius 1 is 1.36 bits per heavy atom. The molecule has 1 aromatic heterocycles. The minimum absolute atomic E-state index is 0.602. The second kappa shape index (κ2) is 2.20. The van der Waals surface area contributed by atoms with Crippen molar-refractivity contribution in [3.63, 3.8) is 0 Å². The maximum atomic E-state index is 7.64. The van der Waals surface area contributed by atoms with Crippen LogP contribution < -0.4 is 5.49 Å². The van der Waals surface area contributed by atoms with Gasteiger partial charge in [0.15, 0.2) is 0 Å². The Bertz CT molecular complexity index is 439. The highest BCUT2D eigenvalue weighted by Crippen LogP contribution is 2.13. The van der Waals surface area contributed by atoms with Crippen LogP contribution in [0.1, 0.15) is 0 Å². The van der Waals surface area contributed by atoms with Crippen LogP contribution in [-0.4, -0.2) is 3.96 Å². The molecule has 2 rings (SSSR count). The van der Waals surface area contributed by atoms with E-state index in [1.807, 2.05) is 35.3 Å². The van der Waals surface area contributed by atoms with Gasteiger partial charge in [0.05, 0.1) is 4.70 Å². The molecule has 0 bridgehead atoms. The minimum Gasteiger partial charge on any atom is -0.285 e. The number of aryl methyl sites for hydroxylation is 1. The van der Waals surface area contributed by atoms with Crippen LogP contribution in [0.15, 0.2) is 24.3 Å². The number of rotatable bonds is 0. The number of nitrogens with zero attached hydrogens (tertiary/aromatic N) is 1. The monoisotopic (exact) mass is 164 g/mol. The fourth-order valence-electron chi connectivity index (χ4n) is 1.10. The van der Waals surface area contributed by atoms with E-state index in [1.54, 1.807) is 11.5 Å². The zero-order valence-electron chi connectivity index (χ0n) is 6.16. The van der Waals surface area contributed by atoms with Crippen LogP contribution in [0, 0.1) is 5.41 Å². The number of hydrogen-bond acceptors (Lipinski definition) is 2. The summed E-state index contributed by atoms with van der Waals surface area (Å²) in [5.41, 5.74) is 0.602. The summed E-state index contributed by atoms with van der Waals surface area (Å²) >= 11 is 1.61. The molecule has 1 heterocycles. The lowest BCUT2D eigenvalue weighted by Gasteiger charge is -1.82. The standard InChI is InChI=1S/C8H8N2S/c1-10-8(9)6-4-2-3-5-7(6)11-10/h2-5,9H,1H3. The third-order valence-electron chi connectivity index (χ3n) is 1.69. The number of aromatic nitrogens is 1. The lowest BCUT2D eigenvalue weighted by molar-refractivity contribution is 0.931. The highest BCUT2D eigenvalue weighted by atomic mass is 32.1. The molecule has 1 aromatic carbocycles. The number of fused-ring (bicyclic) bond motifs is 1. The molecule has 0 aliphatic rings. The molecule has 0 amide bonds. The van der Waals surface area contributed by atoms with Gasteiger partial charge >= 0.3 is 0 Å². The van der Waals surface area contributed by atoms with Gasteiger partial charge in [0.2, 0.25) is 0 Å². The highest BCUT2D eigenvalue weighted by molar-refractivity contribution is 7.13. The van der Waals surface area contributed by atoms with E-state index in [9.17, 15) is 0 Å². The molecule has 0 saturated heterocycles. The van der Waals surface area contributed by atoms with Crippen molar-refractivity contribution < 1.29 is 0 Å². The molecule has 0 unspecified atom stereocenters. The maximum absolute atomic E-state index is 7.64. The van der Waals surface area contributed by atoms with Crippen molar-refractivity contribution in [1.29, 1.82) is 5.41 Å².